The Morgan fingerprint density at radius 2 is 1.90 bits per heavy atom. The van der Waals surface area contributed by atoms with Crippen molar-refractivity contribution in [2.75, 3.05) is 36.9 Å². The molecule has 1 aliphatic heterocycles. The molecule has 2 aromatic rings. The van der Waals surface area contributed by atoms with Gasteiger partial charge in [-0.1, -0.05) is 20.3 Å². The lowest BCUT2D eigenvalue weighted by molar-refractivity contribution is 0.0787. The van der Waals surface area contributed by atoms with Crippen LogP contribution in [0.25, 0.3) is 0 Å². The lowest BCUT2D eigenvalue weighted by Gasteiger charge is -2.32. The maximum Gasteiger partial charge on any atom is 0.272 e. The molecule has 0 saturated carbocycles. The average Bonchev–Trinajstić information content (AvgIpc) is 2.72. The molecule has 0 spiro atoms. The Balaban J connectivity index is 1.68. The highest BCUT2D eigenvalue weighted by Gasteiger charge is 2.17. The number of aromatic nitrogens is 2. The van der Waals surface area contributed by atoms with E-state index in [4.69, 9.17) is 0 Å². The predicted molar refractivity (Wildman–Crippen MR) is 119 cm³/mol. The number of anilines is 3. The van der Waals surface area contributed by atoms with Gasteiger partial charge in [-0.15, -0.1) is 0 Å². The number of carbonyl (C=O) groups excluding carboxylic acids is 1. The Hall–Kier alpha value is -2.63. The van der Waals surface area contributed by atoms with Crippen molar-refractivity contribution in [1.29, 1.82) is 0 Å². The predicted octanol–water partition coefficient (Wildman–Crippen LogP) is 4.64. The average molecular weight is 396 g/mol. The van der Waals surface area contributed by atoms with Gasteiger partial charge in [-0.05, 0) is 56.4 Å². The van der Waals surface area contributed by atoms with Gasteiger partial charge < -0.3 is 15.1 Å². The van der Waals surface area contributed by atoms with Gasteiger partial charge in [-0.2, -0.15) is 0 Å². The van der Waals surface area contributed by atoms with Gasteiger partial charge in [-0.25, -0.2) is 9.97 Å². The second kappa shape index (κ2) is 9.72. The fourth-order valence-corrected chi connectivity index (χ4v) is 3.60. The quantitative estimate of drug-likeness (QED) is 0.740. The third-order valence-corrected chi connectivity index (χ3v) is 5.54. The first-order valence-electron chi connectivity index (χ1n) is 10.7. The van der Waals surface area contributed by atoms with Crippen LogP contribution in [0.4, 0.5) is 17.2 Å². The zero-order chi connectivity index (χ0) is 20.8. The van der Waals surface area contributed by atoms with E-state index in [9.17, 15) is 4.79 Å². The Morgan fingerprint density at radius 1 is 1.21 bits per heavy atom. The highest BCUT2D eigenvalue weighted by atomic mass is 16.2. The summed E-state index contributed by atoms with van der Waals surface area (Å²) in [6.45, 7) is 9.24. The number of aryl methyl sites for hydroxylation is 1. The summed E-state index contributed by atoms with van der Waals surface area (Å²) in [7, 11) is 1.82. The summed E-state index contributed by atoms with van der Waals surface area (Å²) >= 11 is 0. The molecule has 6 nitrogen and oxygen atoms in total. The number of hydrogen-bond acceptors (Lipinski definition) is 5. The van der Waals surface area contributed by atoms with Crippen molar-refractivity contribution < 1.29 is 4.79 Å². The molecule has 1 amide bonds. The van der Waals surface area contributed by atoms with E-state index in [2.05, 4.69) is 58.3 Å². The van der Waals surface area contributed by atoms with Crippen LogP contribution in [0.15, 0.2) is 30.3 Å². The minimum Gasteiger partial charge on any atom is -0.372 e. The molecule has 1 aromatic carbocycles. The van der Waals surface area contributed by atoms with E-state index in [0.29, 0.717) is 17.3 Å². The number of nitrogens with zero attached hydrogens (tertiary/aromatic N) is 4. The normalized spacial score (nSPS) is 14.7. The fraction of sp³-hybridized carbons (Fsp3) is 0.522. The standard InChI is InChI=1S/C23H33N5O/c1-5-6-13-27(4)23(29)21-16-22(25-18(3)24-21)26-19-7-9-20(10-8-19)28-14-11-17(2)12-15-28/h7-10,16-17H,5-6,11-15H2,1-4H3,(H,24,25,26). The minimum atomic E-state index is -0.0679. The molecule has 1 aromatic heterocycles. The maximum absolute atomic E-state index is 12.7. The number of rotatable bonds is 7. The third-order valence-electron chi connectivity index (χ3n) is 5.54. The van der Waals surface area contributed by atoms with Crippen LogP contribution in [0.3, 0.4) is 0 Å². The Labute approximate surface area is 174 Å². The van der Waals surface area contributed by atoms with Crippen molar-refractivity contribution in [2.24, 2.45) is 5.92 Å². The van der Waals surface area contributed by atoms with Crippen LogP contribution in [0.2, 0.25) is 0 Å². The molecule has 1 saturated heterocycles. The summed E-state index contributed by atoms with van der Waals surface area (Å²) < 4.78 is 0. The van der Waals surface area contributed by atoms with Crippen LogP contribution in [0.5, 0.6) is 0 Å². The molecule has 0 atom stereocenters. The Morgan fingerprint density at radius 3 is 2.55 bits per heavy atom. The van der Waals surface area contributed by atoms with E-state index >= 15 is 0 Å². The van der Waals surface area contributed by atoms with Crippen LogP contribution in [0, 0.1) is 12.8 Å². The molecule has 6 heteroatoms. The molecular formula is C23H33N5O. The molecule has 0 aliphatic carbocycles. The summed E-state index contributed by atoms with van der Waals surface area (Å²) in [6, 6.07) is 10.2. The fourth-order valence-electron chi connectivity index (χ4n) is 3.60. The van der Waals surface area contributed by atoms with Crippen molar-refractivity contribution in [1.82, 2.24) is 14.9 Å². The van der Waals surface area contributed by atoms with E-state index in [0.717, 1.165) is 44.1 Å². The molecule has 0 unspecified atom stereocenters. The maximum atomic E-state index is 12.7. The van der Waals surface area contributed by atoms with E-state index < -0.39 is 0 Å². The first kappa shape index (κ1) is 21.1. The topological polar surface area (TPSA) is 61.4 Å². The smallest absolute Gasteiger partial charge is 0.272 e. The lowest BCUT2D eigenvalue weighted by Crippen LogP contribution is -2.32. The zero-order valence-corrected chi connectivity index (χ0v) is 18.1. The first-order chi connectivity index (χ1) is 14.0. The summed E-state index contributed by atoms with van der Waals surface area (Å²) in [4.78, 5) is 25.6. The highest BCUT2D eigenvalue weighted by molar-refractivity contribution is 5.93. The molecule has 3 rings (SSSR count). The van der Waals surface area contributed by atoms with E-state index in [1.807, 2.05) is 14.0 Å². The second-order valence-corrected chi connectivity index (χ2v) is 8.11. The van der Waals surface area contributed by atoms with Gasteiger partial charge in [0.1, 0.15) is 17.3 Å². The van der Waals surface area contributed by atoms with Crippen LogP contribution < -0.4 is 10.2 Å². The van der Waals surface area contributed by atoms with Gasteiger partial charge in [0, 0.05) is 44.1 Å². The monoisotopic (exact) mass is 395 g/mol. The number of carbonyl (C=O) groups is 1. The molecule has 1 N–H and O–H groups in total. The largest absolute Gasteiger partial charge is 0.372 e. The number of piperidine rings is 1. The molecule has 0 bridgehead atoms. The summed E-state index contributed by atoms with van der Waals surface area (Å²) in [5.74, 6) is 1.98. The number of benzene rings is 1. The van der Waals surface area contributed by atoms with E-state index in [-0.39, 0.29) is 5.91 Å². The number of unbranched alkanes of at least 4 members (excludes halogenated alkanes) is 1. The van der Waals surface area contributed by atoms with Crippen LogP contribution >= 0.6 is 0 Å². The molecule has 29 heavy (non-hydrogen) atoms. The van der Waals surface area contributed by atoms with E-state index in [1.165, 1.54) is 18.5 Å². The summed E-state index contributed by atoms with van der Waals surface area (Å²) in [5.41, 5.74) is 2.64. The second-order valence-electron chi connectivity index (χ2n) is 8.11. The van der Waals surface area contributed by atoms with Gasteiger partial charge in [-0.3, -0.25) is 4.79 Å². The van der Waals surface area contributed by atoms with Gasteiger partial charge in [0.2, 0.25) is 0 Å². The molecule has 2 heterocycles. The van der Waals surface area contributed by atoms with E-state index in [1.54, 1.807) is 11.0 Å². The molecule has 1 aliphatic rings. The van der Waals surface area contributed by atoms with Crippen LogP contribution in [-0.2, 0) is 0 Å². The summed E-state index contributed by atoms with van der Waals surface area (Å²) in [5, 5.41) is 3.32. The van der Waals surface area contributed by atoms with Crippen molar-refractivity contribution in [3.05, 3.63) is 41.9 Å². The van der Waals surface area contributed by atoms with Crippen molar-refractivity contribution in [3.8, 4) is 0 Å². The van der Waals surface area contributed by atoms with Gasteiger partial charge in [0.05, 0.1) is 0 Å². The number of amides is 1. The SMILES string of the molecule is CCCCN(C)C(=O)c1cc(Nc2ccc(N3CCC(C)CC3)cc2)nc(C)n1. The minimum absolute atomic E-state index is 0.0679. The molecule has 156 valence electrons. The number of nitrogens with one attached hydrogen (secondary N) is 1. The molecule has 1 fully saturated rings. The van der Waals surface area contributed by atoms with Crippen molar-refractivity contribution in [2.45, 2.75) is 46.5 Å². The lowest BCUT2D eigenvalue weighted by atomic mass is 9.99. The zero-order valence-electron chi connectivity index (χ0n) is 18.1. The van der Waals surface area contributed by atoms with Crippen LogP contribution in [-0.4, -0.2) is 47.5 Å². The van der Waals surface area contributed by atoms with Gasteiger partial charge in [0.25, 0.3) is 5.91 Å². The Kier molecular flexibility index (Phi) is 7.07. The van der Waals surface area contributed by atoms with Crippen molar-refractivity contribution >= 4 is 23.1 Å². The van der Waals surface area contributed by atoms with Gasteiger partial charge in [0.15, 0.2) is 0 Å². The first-order valence-corrected chi connectivity index (χ1v) is 10.7. The highest BCUT2D eigenvalue weighted by Crippen LogP contribution is 2.25. The third kappa shape index (κ3) is 5.68. The van der Waals surface area contributed by atoms with Crippen molar-refractivity contribution in [3.63, 3.8) is 0 Å². The summed E-state index contributed by atoms with van der Waals surface area (Å²) in [6.07, 6.45) is 4.55. The molecule has 0 radical (unpaired) electrons. The van der Waals surface area contributed by atoms with Gasteiger partial charge >= 0.3 is 0 Å². The molecular weight excluding hydrogens is 362 g/mol. The number of hydrogen-bond donors (Lipinski definition) is 1. The van der Waals surface area contributed by atoms with Crippen LogP contribution in [0.1, 0.15) is 55.8 Å². The Bertz CT molecular complexity index is 813.